The minimum Gasteiger partial charge on any atom is -0.366 e. The van der Waals surface area contributed by atoms with Gasteiger partial charge >= 0.3 is 0 Å². The SMILES string of the molecule is CSC1CCCCC1Nc1nc(C(C)(C)C)nc(Cl)c1C. The van der Waals surface area contributed by atoms with Crippen molar-refractivity contribution < 1.29 is 0 Å². The Morgan fingerprint density at radius 3 is 2.48 bits per heavy atom. The van der Waals surface area contributed by atoms with Crippen molar-refractivity contribution in [2.24, 2.45) is 0 Å². The Kier molecular flexibility index (Phi) is 5.42. The van der Waals surface area contributed by atoms with E-state index in [1.807, 2.05) is 18.7 Å². The van der Waals surface area contributed by atoms with Crippen LogP contribution in [-0.4, -0.2) is 27.5 Å². The maximum atomic E-state index is 6.32. The molecule has 118 valence electrons. The number of hydrogen-bond acceptors (Lipinski definition) is 4. The van der Waals surface area contributed by atoms with Crippen LogP contribution in [0.2, 0.25) is 5.15 Å². The van der Waals surface area contributed by atoms with E-state index in [0.29, 0.717) is 16.4 Å². The largest absolute Gasteiger partial charge is 0.366 e. The minimum absolute atomic E-state index is 0.0980. The van der Waals surface area contributed by atoms with E-state index in [4.69, 9.17) is 16.6 Å². The molecule has 1 heterocycles. The maximum absolute atomic E-state index is 6.32. The van der Waals surface area contributed by atoms with Crippen LogP contribution in [0.3, 0.4) is 0 Å². The van der Waals surface area contributed by atoms with Gasteiger partial charge in [0, 0.05) is 22.3 Å². The first-order valence-electron chi connectivity index (χ1n) is 7.67. The lowest BCUT2D eigenvalue weighted by atomic mass is 9.94. The third-order valence-corrected chi connectivity index (χ3v) is 5.62. The lowest BCUT2D eigenvalue weighted by molar-refractivity contribution is 0.472. The number of hydrogen-bond donors (Lipinski definition) is 1. The van der Waals surface area contributed by atoms with Gasteiger partial charge in [0.2, 0.25) is 0 Å². The van der Waals surface area contributed by atoms with Crippen LogP contribution in [0.4, 0.5) is 5.82 Å². The Labute approximate surface area is 137 Å². The fourth-order valence-corrected chi connectivity index (χ4v) is 3.79. The van der Waals surface area contributed by atoms with Crippen molar-refractivity contribution >= 4 is 29.2 Å². The van der Waals surface area contributed by atoms with Crippen LogP contribution >= 0.6 is 23.4 Å². The molecule has 2 atom stereocenters. The van der Waals surface area contributed by atoms with Gasteiger partial charge in [0.25, 0.3) is 0 Å². The fourth-order valence-electron chi connectivity index (χ4n) is 2.68. The lowest BCUT2D eigenvalue weighted by Crippen LogP contribution is -2.35. The van der Waals surface area contributed by atoms with Crippen molar-refractivity contribution in [1.82, 2.24) is 9.97 Å². The highest BCUT2D eigenvalue weighted by atomic mass is 35.5. The van der Waals surface area contributed by atoms with Gasteiger partial charge in [-0.1, -0.05) is 45.2 Å². The number of nitrogens with zero attached hydrogens (tertiary/aromatic N) is 2. The molecule has 2 rings (SSSR count). The molecule has 0 aliphatic heterocycles. The van der Waals surface area contributed by atoms with E-state index in [2.05, 4.69) is 37.3 Å². The molecule has 2 unspecified atom stereocenters. The number of halogens is 1. The topological polar surface area (TPSA) is 37.8 Å². The number of nitrogens with one attached hydrogen (secondary N) is 1. The first kappa shape index (κ1) is 16.9. The van der Waals surface area contributed by atoms with E-state index < -0.39 is 0 Å². The zero-order valence-corrected chi connectivity index (χ0v) is 15.2. The molecule has 0 radical (unpaired) electrons. The normalized spacial score (nSPS) is 23.1. The van der Waals surface area contributed by atoms with Crippen molar-refractivity contribution in [1.29, 1.82) is 0 Å². The Morgan fingerprint density at radius 2 is 1.86 bits per heavy atom. The Bertz CT molecular complexity index is 499. The molecule has 1 aliphatic carbocycles. The molecule has 1 fully saturated rings. The average Bonchev–Trinajstić information content (AvgIpc) is 2.43. The predicted octanol–water partition coefficient (Wildman–Crippen LogP) is 4.82. The van der Waals surface area contributed by atoms with Gasteiger partial charge in [-0.15, -0.1) is 0 Å². The second-order valence-corrected chi connectivity index (χ2v) is 8.31. The smallest absolute Gasteiger partial charge is 0.137 e. The highest BCUT2D eigenvalue weighted by Crippen LogP contribution is 2.32. The maximum Gasteiger partial charge on any atom is 0.137 e. The van der Waals surface area contributed by atoms with E-state index in [1.165, 1.54) is 25.7 Å². The van der Waals surface area contributed by atoms with Gasteiger partial charge in [-0.05, 0) is 26.0 Å². The van der Waals surface area contributed by atoms with Crippen LogP contribution in [-0.2, 0) is 5.41 Å². The summed E-state index contributed by atoms with van der Waals surface area (Å²) in [7, 11) is 0. The van der Waals surface area contributed by atoms with Crippen LogP contribution < -0.4 is 5.32 Å². The molecule has 1 aromatic rings. The van der Waals surface area contributed by atoms with Crippen molar-refractivity contribution in [3.05, 3.63) is 16.5 Å². The molecular weight excluding hydrogens is 302 g/mol. The quantitative estimate of drug-likeness (QED) is 0.807. The number of anilines is 1. The Morgan fingerprint density at radius 1 is 1.19 bits per heavy atom. The molecule has 1 saturated carbocycles. The summed E-state index contributed by atoms with van der Waals surface area (Å²) < 4.78 is 0. The van der Waals surface area contributed by atoms with Crippen LogP contribution in [0.15, 0.2) is 0 Å². The van der Waals surface area contributed by atoms with Gasteiger partial charge in [0.15, 0.2) is 0 Å². The number of thioether (sulfide) groups is 1. The van der Waals surface area contributed by atoms with E-state index in [9.17, 15) is 0 Å². The number of rotatable bonds is 3. The van der Waals surface area contributed by atoms with Crippen LogP contribution in [0, 0.1) is 6.92 Å². The van der Waals surface area contributed by atoms with Crippen LogP contribution in [0.5, 0.6) is 0 Å². The summed E-state index contributed by atoms with van der Waals surface area (Å²) in [6.45, 7) is 8.34. The predicted molar refractivity (Wildman–Crippen MR) is 93.7 cm³/mol. The van der Waals surface area contributed by atoms with Crippen molar-refractivity contribution in [2.75, 3.05) is 11.6 Å². The molecule has 0 bridgehead atoms. The molecular formula is C16H26ClN3S. The minimum atomic E-state index is -0.0980. The zero-order valence-electron chi connectivity index (χ0n) is 13.7. The van der Waals surface area contributed by atoms with Crippen LogP contribution in [0.25, 0.3) is 0 Å². The van der Waals surface area contributed by atoms with E-state index in [0.717, 1.165) is 17.2 Å². The summed E-state index contributed by atoms with van der Waals surface area (Å²) in [5.74, 6) is 1.71. The monoisotopic (exact) mass is 327 g/mol. The second-order valence-electron chi connectivity index (χ2n) is 6.87. The lowest BCUT2D eigenvalue weighted by Gasteiger charge is -2.32. The summed E-state index contributed by atoms with van der Waals surface area (Å²) >= 11 is 8.27. The molecule has 1 aromatic heterocycles. The fraction of sp³-hybridized carbons (Fsp3) is 0.750. The van der Waals surface area contributed by atoms with Gasteiger partial charge in [-0.3, -0.25) is 0 Å². The van der Waals surface area contributed by atoms with Crippen molar-refractivity contribution in [3.63, 3.8) is 0 Å². The van der Waals surface area contributed by atoms with E-state index in [1.54, 1.807) is 0 Å². The summed E-state index contributed by atoms with van der Waals surface area (Å²) in [6, 6.07) is 0.478. The Hall–Kier alpha value is -0.480. The third-order valence-electron chi connectivity index (χ3n) is 4.08. The Balaban J connectivity index is 2.28. The molecule has 0 saturated heterocycles. The van der Waals surface area contributed by atoms with Crippen LogP contribution in [0.1, 0.15) is 57.8 Å². The highest BCUT2D eigenvalue weighted by Gasteiger charge is 2.26. The molecule has 0 spiro atoms. The van der Waals surface area contributed by atoms with Gasteiger partial charge in [-0.2, -0.15) is 11.8 Å². The molecule has 1 aliphatic rings. The van der Waals surface area contributed by atoms with E-state index in [-0.39, 0.29) is 5.41 Å². The highest BCUT2D eigenvalue weighted by molar-refractivity contribution is 7.99. The average molecular weight is 328 g/mol. The molecule has 0 amide bonds. The van der Waals surface area contributed by atoms with E-state index >= 15 is 0 Å². The molecule has 0 aromatic carbocycles. The van der Waals surface area contributed by atoms with Gasteiger partial charge < -0.3 is 5.32 Å². The summed E-state index contributed by atoms with van der Waals surface area (Å²) in [5.41, 5.74) is 0.856. The first-order chi connectivity index (χ1) is 9.82. The molecule has 5 heteroatoms. The molecule has 3 nitrogen and oxygen atoms in total. The second kappa shape index (κ2) is 6.74. The number of aromatic nitrogens is 2. The van der Waals surface area contributed by atoms with Crippen molar-refractivity contribution in [2.45, 2.75) is 70.1 Å². The zero-order chi connectivity index (χ0) is 15.6. The van der Waals surface area contributed by atoms with Gasteiger partial charge in [0.1, 0.15) is 16.8 Å². The first-order valence-corrected chi connectivity index (χ1v) is 9.33. The standard InChI is InChI=1S/C16H26ClN3S/c1-10-13(17)19-15(16(2,3)4)20-14(10)18-11-8-6-7-9-12(11)21-5/h11-12H,6-9H2,1-5H3,(H,18,19,20). The summed E-state index contributed by atoms with van der Waals surface area (Å²) in [6.07, 6.45) is 7.31. The summed E-state index contributed by atoms with van der Waals surface area (Å²) in [4.78, 5) is 9.20. The van der Waals surface area contributed by atoms with Gasteiger partial charge in [0.05, 0.1) is 0 Å². The summed E-state index contributed by atoms with van der Waals surface area (Å²) in [5, 5.41) is 4.87. The van der Waals surface area contributed by atoms with Crippen molar-refractivity contribution in [3.8, 4) is 0 Å². The molecule has 21 heavy (non-hydrogen) atoms. The molecule has 1 N–H and O–H groups in total. The van der Waals surface area contributed by atoms with Gasteiger partial charge in [-0.25, -0.2) is 9.97 Å². The third kappa shape index (κ3) is 4.04.